The summed E-state index contributed by atoms with van der Waals surface area (Å²) in [6.45, 7) is 8.30. The van der Waals surface area contributed by atoms with Crippen LogP contribution in [0.5, 0.6) is 0 Å². The third kappa shape index (κ3) is 6.46. The second-order valence-corrected chi connectivity index (χ2v) is 5.59. The van der Waals surface area contributed by atoms with Crippen LogP contribution in [0.15, 0.2) is 0 Å². The first-order chi connectivity index (χ1) is 9.92. The topological polar surface area (TPSA) is 58.6 Å². The molecule has 1 N–H and O–H groups in total. The lowest BCUT2D eigenvalue weighted by atomic mass is 9.91. The molecule has 0 aromatic rings. The fraction of sp³-hybridized carbons (Fsp3) is 0.875. The van der Waals surface area contributed by atoms with Crippen molar-refractivity contribution in [1.29, 1.82) is 0 Å². The molecule has 0 aromatic carbocycles. The second-order valence-electron chi connectivity index (χ2n) is 5.59. The molecule has 0 bridgehead atoms. The van der Waals surface area contributed by atoms with Gasteiger partial charge in [-0.1, -0.05) is 34.1 Å². The molecule has 3 unspecified atom stereocenters. The van der Waals surface area contributed by atoms with Gasteiger partial charge >= 0.3 is 0 Å². The van der Waals surface area contributed by atoms with Gasteiger partial charge in [-0.2, -0.15) is 0 Å². The minimum atomic E-state index is -0.0712. The van der Waals surface area contributed by atoms with E-state index in [-0.39, 0.29) is 30.5 Å². The van der Waals surface area contributed by atoms with E-state index >= 15 is 0 Å². The highest BCUT2D eigenvalue weighted by atomic mass is 16.5. The van der Waals surface area contributed by atoms with Gasteiger partial charge in [0.1, 0.15) is 0 Å². The van der Waals surface area contributed by atoms with E-state index in [0.29, 0.717) is 12.3 Å². The Morgan fingerprint density at radius 2 is 1.81 bits per heavy atom. The number of amides is 2. The van der Waals surface area contributed by atoms with E-state index in [1.807, 2.05) is 6.92 Å². The molecule has 0 rings (SSSR count). The van der Waals surface area contributed by atoms with Crippen molar-refractivity contribution in [3.63, 3.8) is 0 Å². The summed E-state index contributed by atoms with van der Waals surface area (Å²) in [5.41, 5.74) is 0. The molecule has 5 heteroatoms. The number of rotatable bonds is 10. The van der Waals surface area contributed by atoms with Gasteiger partial charge in [0.15, 0.2) is 0 Å². The minimum Gasteiger partial charge on any atom is -0.379 e. The molecule has 0 spiro atoms. The van der Waals surface area contributed by atoms with E-state index in [1.165, 1.54) is 0 Å². The number of hydrogen-bond acceptors (Lipinski definition) is 3. The first-order valence-corrected chi connectivity index (χ1v) is 7.97. The van der Waals surface area contributed by atoms with Crippen LogP contribution < -0.4 is 5.32 Å². The molecule has 0 fully saturated rings. The van der Waals surface area contributed by atoms with E-state index < -0.39 is 0 Å². The van der Waals surface area contributed by atoms with Gasteiger partial charge in [-0.3, -0.25) is 9.59 Å². The Morgan fingerprint density at radius 3 is 2.24 bits per heavy atom. The molecule has 21 heavy (non-hydrogen) atoms. The maximum atomic E-state index is 12.3. The molecular weight excluding hydrogens is 268 g/mol. The Morgan fingerprint density at radius 1 is 1.19 bits per heavy atom. The molecule has 3 atom stereocenters. The van der Waals surface area contributed by atoms with E-state index in [4.69, 9.17) is 4.74 Å². The highest BCUT2D eigenvalue weighted by molar-refractivity contribution is 5.84. The van der Waals surface area contributed by atoms with Crippen molar-refractivity contribution in [2.24, 2.45) is 5.92 Å². The van der Waals surface area contributed by atoms with E-state index in [1.54, 1.807) is 19.1 Å². The van der Waals surface area contributed by atoms with Gasteiger partial charge in [0, 0.05) is 20.6 Å². The highest BCUT2D eigenvalue weighted by Crippen LogP contribution is 2.21. The minimum absolute atomic E-state index is 0.0141. The number of likely N-dealkylation sites (N-methyl/N-ethyl adjacent to an activating group) is 1. The van der Waals surface area contributed by atoms with Crippen LogP contribution in [0.25, 0.3) is 0 Å². The third-order valence-electron chi connectivity index (χ3n) is 4.07. The maximum Gasteiger partial charge on any atom is 0.242 e. The van der Waals surface area contributed by atoms with Crippen molar-refractivity contribution < 1.29 is 14.3 Å². The molecule has 0 aliphatic heterocycles. The zero-order valence-electron chi connectivity index (χ0n) is 14.4. The predicted octanol–water partition coefficient (Wildman–Crippen LogP) is 2.20. The van der Waals surface area contributed by atoms with Gasteiger partial charge in [-0.05, 0) is 18.8 Å². The lowest BCUT2D eigenvalue weighted by Gasteiger charge is -2.37. The van der Waals surface area contributed by atoms with Crippen molar-refractivity contribution in [3.05, 3.63) is 0 Å². The number of nitrogens with one attached hydrogen (secondary N) is 1. The summed E-state index contributed by atoms with van der Waals surface area (Å²) < 4.78 is 5.54. The Labute approximate surface area is 129 Å². The fourth-order valence-corrected chi connectivity index (χ4v) is 2.57. The number of carbonyl (C=O) groups is 2. The van der Waals surface area contributed by atoms with E-state index in [9.17, 15) is 9.59 Å². The fourth-order valence-electron chi connectivity index (χ4n) is 2.57. The lowest BCUT2D eigenvalue weighted by Crippen LogP contribution is -2.51. The van der Waals surface area contributed by atoms with Crippen LogP contribution in [0.4, 0.5) is 0 Å². The molecule has 0 aliphatic carbocycles. The Bertz CT molecular complexity index is 317. The van der Waals surface area contributed by atoms with Crippen LogP contribution >= 0.6 is 0 Å². The summed E-state index contributed by atoms with van der Waals surface area (Å²) >= 11 is 0. The third-order valence-corrected chi connectivity index (χ3v) is 4.07. The average molecular weight is 300 g/mol. The molecule has 2 amide bonds. The number of hydrogen-bond donors (Lipinski definition) is 1. The van der Waals surface area contributed by atoms with E-state index in [2.05, 4.69) is 26.1 Å². The number of methoxy groups -OCH3 is 1. The maximum absolute atomic E-state index is 12.3. The van der Waals surface area contributed by atoms with Gasteiger partial charge < -0.3 is 15.0 Å². The van der Waals surface area contributed by atoms with Crippen molar-refractivity contribution in [1.82, 2.24) is 10.2 Å². The van der Waals surface area contributed by atoms with Crippen LogP contribution in [0, 0.1) is 5.92 Å². The summed E-state index contributed by atoms with van der Waals surface area (Å²) in [7, 11) is 3.48. The van der Waals surface area contributed by atoms with Crippen molar-refractivity contribution in [3.8, 4) is 0 Å². The van der Waals surface area contributed by atoms with Gasteiger partial charge in [-0.25, -0.2) is 0 Å². The molecule has 0 saturated carbocycles. The average Bonchev–Trinajstić information content (AvgIpc) is 2.49. The Kier molecular flexibility index (Phi) is 10.0. The van der Waals surface area contributed by atoms with Gasteiger partial charge in [-0.15, -0.1) is 0 Å². The zero-order chi connectivity index (χ0) is 16.4. The monoisotopic (exact) mass is 300 g/mol. The quantitative estimate of drug-likeness (QED) is 0.673. The van der Waals surface area contributed by atoms with Gasteiger partial charge in [0.2, 0.25) is 11.8 Å². The predicted molar refractivity (Wildman–Crippen MR) is 85.0 cm³/mol. The molecule has 0 aromatic heterocycles. The summed E-state index contributed by atoms with van der Waals surface area (Å²) in [4.78, 5) is 25.5. The lowest BCUT2D eigenvalue weighted by molar-refractivity contribution is -0.137. The molecule has 124 valence electrons. The summed E-state index contributed by atoms with van der Waals surface area (Å²) in [6.07, 6.45) is 3.09. The standard InChI is InChI=1S/C16H32N2O3/c1-7-10-14(19)17-11-15(20)18(5)16(12(4)8-2)13(9-3)21-6/h12-13,16H,7-11H2,1-6H3,(H,17,19). The largest absolute Gasteiger partial charge is 0.379 e. The molecule has 0 saturated heterocycles. The summed E-state index contributed by atoms with van der Waals surface area (Å²) in [6, 6.07) is 0.0283. The molecule has 5 nitrogen and oxygen atoms in total. The van der Waals surface area contributed by atoms with Crippen LogP contribution in [0.2, 0.25) is 0 Å². The highest BCUT2D eigenvalue weighted by Gasteiger charge is 2.31. The molecule has 0 radical (unpaired) electrons. The second kappa shape index (κ2) is 10.6. The van der Waals surface area contributed by atoms with Crippen molar-refractivity contribution in [2.75, 3.05) is 20.7 Å². The number of ether oxygens (including phenoxy) is 1. The van der Waals surface area contributed by atoms with Crippen LogP contribution in [0.3, 0.4) is 0 Å². The van der Waals surface area contributed by atoms with Crippen LogP contribution in [-0.4, -0.2) is 49.6 Å². The summed E-state index contributed by atoms with van der Waals surface area (Å²) in [5.74, 6) is 0.202. The van der Waals surface area contributed by atoms with Crippen molar-refractivity contribution >= 4 is 11.8 Å². The SMILES string of the molecule is CCCC(=O)NCC(=O)N(C)C(C(C)CC)C(CC)OC. The first kappa shape index (κ1) is 19.9. The van der Waals surface area contributed by atoms with Gasteiger partial charge in [0.05, 0.1) is 18.7 Å². The van der Waals surface area contributed by atoms with Crippen LogP contribution in [0.1, 0.15) is 53.4 Å². The normalized spacial score (nSPS) is 15.1. The molecular formula is C16H32N2O3. The zero-order valence-corrected chi connectivity index (χ0v) is 14.4. The number of nitrogens with zero attached hydrogens (tertiary/aromatic N) is 1. The number of carbonyl (C=O) groups excluding carboxylic acids is 2. The van der Waals surface area contributed by atoms with Crippen molar-refractivity contribution in [2.45, 2.75) is 65.5 Å². The van der Waals surface area contributed by atoms with E-state index in [0.717, 1.165) is 19.3 Å². The van der Waals surface area contributed by atoms with Gasteiger partial charge in [0.25, 0.3) is 0 Å². The molecule has 0 heterocycles. The smallest absolute Gasteiger partial charge is 0.242 e. The first-order valence-electron chi connectivity index (χ1n) is 7.97. The van der Waals surface area contributed by atoms with Crippen LogP contribution in [-0.2, 0) is 14.3 Å². The Balaban J connectivity index is 4.74. The Hall–Kier alpha value is -1.10. The summed E-state index contributed by atoms with van der Waals surface area (Å²) in [5, 5.41) is 2.68. The molecule has 0 aliphatic rings.